The maximum absolute atomic E-state index is 6.34. The van der Waals surface area contributed by atoms with Crippen LogP contribution in [0.5, 0.6) is 0 Å². The van der Waals surface area contributed by atoms with E-state index in [-0.39, 0.29) is 0 Å². The predicted octanol–water partition coefficient (Wildman–Crippen LogP) is 5.24. The van der Waals surface area contributed by atoms with Crippen LogP contribution in [0.1, 0.15) is 31.2 Å². The van der Waals surface area contributed by atoms with Gasteiger partial charge < -0.3 is 0 Å². The van der Waals surface area contributed by atoms with E-state index in [9.17, 15) is 0 Å². The molecule has 0 N–H and O–H groups in total. The normalized spacial score (nSPS) is 17.5. The van der Waals surface area contributed by atoms with E-state index in [1.807, 2.05) is 11.3 Å². The fourth-order valence-electron chi connectivity index (χ4n) is 2.41. The minimum atomic E-state index is 0.430. The fraction of sp³-hybridized carbons (Fsp3) is 0.467. The molecule has 1 aliphatic rings. The van der Waals surface area contributed by atoms with Crippen LogP contribution in [0.15, 0.2) is 29.6 Å². The molecule has 17 heavy (non-hydrogen) atoms. The molecule has 1 aromatic carbocycles. The van der Waals surface area contributed by atoms with Crippen molar-refractivity contribution in [1.29, 1.82) is 0 Å². The minimum absolute atomic E-state index is 0.430. The lowest BCUT2D eigenvalue weighted by atomic mass is 10.0. The average molecular weight is 265 g/mol. The second-order valence-electron chi connectivity index (χ2n) is 5.00. The number of fused-ring (bicyclic) bond motifs is 1. The fourth-order valence-corrected chi connectivity index (χ4v) is 3.81. The largest absolute Gasteiger partial charge is 0.144 e. The Kier molecular flexibility index (Phi) is 3.39. The zero-order chi connectivity index (χ0) is 11.7. The molecule has 2 heteroatoms. The molecule has 1 unspecified atom stereocenters. The smallest absolute Gasteiger partial charge is 0.0364 e. The zero-order valence-corrected chi connectivity index (χ0v) is 11.4. The lowest BCUT2D eigenvalue weighted by Crippen LogP contribution is -2.01. The van der Waals surface area contributed by atoms with Crippen LogP contribution in [-0.4, -0.2) is 5.38 Å². The summed E-state index contributed by atoms with van der Waals surface area (Å²) in [4.78, 5) is 0. The molecule has 3 rings (SSSR count). The van der Waals surface area contributed by atoms with E-state index in [0.29, 0.717) is 5.38 Å². The third kappa shape index (κ3) is 2.66. The Labute approximate surface area is 112 Å². The van der Waals surface area contributed by atoms with Crippen molar-refractivity contribution in [2.45, 2.75) is 37.5 Å². The molecule has 90 valence electrons. The van der Waals surface area contributed by atoms with E-state index >= 15 is 0 Å². The SMILES string of the molecule is ClC(CCCc1csc2ccccc12)C1CC1. The van der Waals surface area contributed by atoms with Crippen molar-refractivity contribution >= 4 is 33.0 Å². The molecule has 1 heterocycles. The van der Waals surface area contributed by atoms with Crippen LogP contribution in [-0.2, 0) is 6.42 Å². The Balaban J connectivity index is 1.60. The van der Waals surface area contributed by atoms with E-state index in [0.717, 1.165) is 5.92 Å². The highest BCUT2D eigenvalue weighted by molar-refractivity contribution is 7.17. The van der Waals surface area contributed by atoms with Gasteiger partial charge in [0.15, 0.2) is 0 Å². The lowest BCUT2D eigenvalue weighted by Gasteiger charge is -2.06. The van der Waals surface area contributed by atoms with Crippen molar-refractivity contribution in [1.82, 2.24) is 0 Å². The first-order valence-electron chi connectivity index (χ1n) is 6.44. The van der Waals surface area contributed by atoms with E-state index in [1.165, 1.54) is 47.8 Å². The number of rotatable bonds is 5. The van der Waals surface area contributed by atoms with E-state index < -0.39 is 0 Å². The van der Waals surface area contributed by atoms with Crippen LogP contribution in [0, 0.1) is 5.92 Å². The van der Waals surface area contributed by atoms with Crippen molar-refractivity contribution in [3.8, 4) is 0 Å². The summed E-state index contributed by atoms with van der Waals surface area (Å²) in [6, 6.07) is 8.69. The summed E-state index contributed by atoms with van der Waals surface area (Å²) in [6.45, 7) is 0. The maximum atomic E-state index is 6.34. The minimum Gasteiger partial charge on any atom is -0.144 e. The summed E-state index contributed by atoms with van der Waals surface area (Å²) in [5.41, 5.74) is 1.50. The number of halogens is 1. The Morgan fingerprint density at radius 2 is 2.12 bits per heavy atom. The van der Waals surface area contributed by atoms with Crippen LogP contribution < -0.4 is 0 Å². The summed E-state index contributed by atoms with van der Waals surface area (Å²) in [5.74, 6) is 0.830. The van der Waals surface area contributed by atoms with Gasteiger partial charge in [-0.25, -0.2) is 0 Å². The lowest BCUT2D eigenvalue weighted by molar-refractivity contribution is 0.639. The van der Waals surface area contributed by atoms with Crippen LogP contribution in [0.4, 0.5) is 0 Å². The van der Waals surface area contributed by atoms with Gasteiger partial charge >= 0.3 is 0 Å². The summed E-state index contributed by atoms with van der Waals surface area (Å²) >= 11 is 8.20. The van der Waals surface area contributed by atoms with Crippen LogP contribution in [0.3, 0.4) is 0 Å². The molecular weight excluding hydrogens is 248 g/mol. The molecule has 2 aromatic rings. The highest BCUT2D eigenvalue weighted by atomic mass is 35.5. The quantitative estimate of drug-likeness (QED) is 0.648. The number of aryl methyl sites for hydroxylation is 1. The number of alkyl halides is 1. The van der Waals surface area contributed by atoms with Gasteiger partial charge in [-0.1, -0.05) is 18.2 Å². The van der Waals surface area contributed by atoms with Crippen LogP contribution in [0.25, 0.3) is 10.1 Å². The summed E-state index contributed by atoms with van der Waals surface area (Å²) in [7, 11) is 0. The molecule has 1 saturated carbocycles. The van der Waals surface area contributed by atoms with Crippen LogP contribution >= 0.6 is 22.9 Å². The Morgan fingerprint density at radius 3 is 2.94 bits per heavy atom. The Hall–Kier alpha value is -0.530. The number of hydrogen-bond acceptors (Lipinski definition) is 1. The van der Waals surface area contributed by atoms with Gasteiger partial charge in [-0.3, -0.25) is 0 Å². The van der Waals surface area contributed by atoms with E-state index in [1.54, 1.807) is 0 Å². The summed E-state index contributed by atoms with van der Waals surface area (Å²) < 4.78 is 1.41. The van der Waals surface area contributed by atoms with E-state index in [4.69, 9.17) is 11.6 Å². The third-order valence-electron chi connectivity index (χ3n) is 3.62. The van der Waals surface area contributed by atoms with Crippen molar-refractivity contribution in [2.75, 3.05) is 0 Å². The van der Waals surface area contributed by atoms with Gasteiger partial charge in [0.1, 0.15) is 0 Å². The molecule has 1 aliphatic carbocycles. The molecular formula is C15H17ClS. The third-order valence-corrected chi connectivity index (χ3v) is 5.21. The van der Waals surface area contributed by atoms with Gasteiger partial charge in [0.25, 0.3) is 0 Å². The molecule has 1 aromatic heterocycles. The molecule has 0 bridgehead atoms. The van der Waals surface area contributed by atoms with Crippen molar-refractivity contribution < 1.29 is 0 Å². The monoisotopic (exact) mass is 264 g/mol. The second-order valence-corrected chi connectivity index (χ2v) is 6.47. The highest BCUT2D eigenvalue weighted by Crippen LogP contribution is 2.38. The van der Waals surface area contributed by atoms with Gasteiger partial charge in [-0.2, -0.15) is 0 Å². The first-order valence-corrected chi connectivity index (χ1v) is 7.75. The van der Waals surface area contributed by atoms with E-state index in [2.05, 4.69) is 29.6 Å². The van der Waals surface area contributed by atoms with Crippen molar-refractivity contribution in [3.05, 3.63) is 35.2 Å². The number of thiophene rings is 1. The number of benzene rings is 1. The molecule has 0 spiro atoms. The first-order chi connectivity index (χ1) is 8.34. The highest BCUT2D eigenvalue weighted by Gasteiger charge is 2.28. The molecule has 1 atom stereocenters. The van der Waals surface area contributed by atoms with Gasteiger partial charge in [0.2, 0.25) is 0 Å². The van der Waals surface area contributed by atoms with Crippen molar-refractivity contribution in [2.24, 2.45) is 5.92 Å². The van der Waals surface area contributed by atoms with Gasteiger partial charge in [0.05, 0.1) is 0 Å². The van der Waals surface area contributed by atoms with Gasteiger partial charge in [-0.05, 0) is 60.4 Å². The Bertz CT molecular complexity index is 498. The standard InChI is InChI=1S/C15H17ClS/c16-14(11-8-9-11)6-3-4-12-10-17-15-7-2-1-5-13(12)15/h1-2,5,7,10-11,14H,3-4,6,8-9H2. The van der Waals surface area contributed by atoms with Crippen molar-refractivity contribution in [3.63, 3.8) is 0 Å². The Morgan fingerprint density at radius 1 is 1.29 bits per heavy atom. The van der Waals surface area contributed by atoms with Gasteiger partial charge in [0, 0.05) is 10.1 Å². The predicted molar refractivity (Wildman–Crippen MR) is 77.1 cm³/mol. The molecule has 0 aliphatic heterocycles. The molecule has 0 nitrogen and oxygen atoms in total. The molecule has 0 radical (unpaired) electrons. The number of hydrogen-bond donors (Lipinski definition) is 0. The summed E-state index contributed by atoms with van der Waals surface area (Å²) in [6.07, 6.45) is 6.30. The topological polar surface area (TPSA) is 0 Å². The molecule has 0 saturated heterocycles. The first kappa shape index (κ1) is 11.6. The molecule has 1 fully saturated rings. The second kappa shape index (κ2) is 4.99. The van der Waals surface area contributed by atoms with Gasteiger partial charge in [-0.15, -0.1) is 22.9 Å². The molecule has 0 amide bonds. The maximum Gasteiger partial charge on any atom is 0.0364 e. The summed E-state index contributed by atoms with van der Waals surface area (Å²) in [5, 5.41) is 4.18. The zero-order valence-electron chi connectivity index (χ0n) is 9.86. The van der Waals surface area contributed by atoms with Crippen LogP contribution in [0.2, 0.25) is 0 Å². The average Bonchev–Trinajstić information content (AvgIpc) is 3.12.